The van der Waals surface area contributed by atoms with Crippen LogP contribution in [-0.4, -0.2) is 44.1 Å². The number of anilines is 1. The number of fused-ring (bicyclic) bond motifs is 1. The van der Waals surface area contributed by atoms with Gasteiger partial charge in [0, 0.05) is 37.7 Å². The second-order valence-corrected chi connectivity index (χ2v) is 11.2. The van der Waals surface area contributed by atoms with E-state index in [2.05, 4.69) is 36.1 Å². The Bertz CT molecular complexity index is 1500. The van der Waals surface area contributed by atoms with Crippen molar-refractivity contribution in [3.8, 4) is 11.4 Å². The molecule has 4 unspecified atom stereocenters. The second-order valence-electron chi connectivity index (χ2n) is 11.2. The Morgan fingerprint density at radius 2 is 1.73 bits per heavy atom. The van der Waals surface area contributed by atoms with Crippen LogP contribution in [0.5, 0.6) is 0 Å². The van der Waals surface area contributed by atoms with Crippen LogP contribution in [0.3, 0.4) is 0 Å². The van der Waals surface area contributed by atoms with Gasteiger partial charge in [0.2, 0.25) is 0 Å². The number of rotatable bonds is 7. The molecule has 7 nitrogen and oxygen atoms in total. The van der Waals surface area contributed by atoms with E-state index in [4.69, 9.17) is 10.1 Å². The first-order valence-electron chi connectivity index (χ1n) is 14.0. The number of benzene rings is 2. The number of imidazole rings is 1. The summed E-state index contributed by atoms with van der Waals surface area (Å²) in [5, 5.41) is 10.7. The average molecular weight is 564 g/mol. The molecule has 2 aromatic heterocycles. The molecule has 5 rings (SSSR count). The molecule has 0 amide bonds. The van der Waals surface area contributed by atoms with Crippen LogP contribution in [0, 0.1) is 24.7 Å². The Balaban J connectivity index is 0.00000189. The van der Waals surface area contributed by atoms with Gasteiger partial charge < -0.3 is 15.0 Å². The third-order valence-electron chi connectivity index (χ3n) is 8.42. The summed E-state index contributed by atoms with van der Waals surface area (Å²) in [5.74, 6) is 0.0164. The van der Waals surface area contributed by atoms with Crippen LogP contribution < -0.4 is 5.32 Å². The fourth-order valence-electron chi connectivity index (χ4n) is 5.68. The number of nitrogens with one attached hydrogen (secondary N) is 1. The molecule has 218 valence electrons. The number of aromatic nitrogens is 4. The molecule has 41 heavy (non-hydrogen) atoms. The van der Waals surface area contributed by atoms with Gasteiger partial charge in [-0.15, -0.1) is 0 Å². The zero-order valence-corrected chi connectivity index (χ0v) is 24.5. The van der Waals surface area contributed by atoms with Gasteiger partial charge in [-0.05, 0) is 49.1 Å². The minimum absolute atomic E-state index is 0.0309. The summed E-state index contributed by atoms with van der Waals surface area (Å²) in [6.45, 7) is 10.1. The van der Waals surface area contributed by atoms with Crippen molar-refractivity contribution in [3.63, 3.8) is 0 Å². The standard InChI is InChI=1S/C31H35F2N5O.CH4O/c1-18-7-6-8-23(15-18)30-37-29-27(38(30)16-22-10-12-24(13-11-22)31(5,32)33)28(35-26(17-39)36-29)34-25-14-9-19(2)20(3)21(25)4;1-2/h6-8,10-13,15,17,19-21,25H,9,14,16H2,1-5H3,(H,34,35,36);2H,1H3. The molecule has 1 aliphatic carbocycles. The zero-order chi connectivity index (χ0) is 29.9. The third kappa shape index (κ3) is 6.45. The Hall–Kier alpha value is -3.72. The normalized spacial score (nSPS) is 20.8. The Morgan fingerprint density at radius 3 is 2.37 bits per heavy atom. The number of aldehydes is 1. The largest absolute Gasteiger partial charge is 0.400 e. The highest BCUT2D eigenvalue weighted by Crippen LogP contribution is 2.37. The fourth-order valence-corrected chi connectivity index (χ4v) is 5.68. The molecule has 1 saturated carbocycles. The van der Waals surface area contributed by atoms with E-state index in [1.165, 1.54) is 12.1 Å². The molecular formula is C32H39F2N5O2. The maximum absolute atomic E-state index is 13.9. The molecule has 1 fully saturated rings. The van der Waals surface area contributed by atoms with Crippen molar-refractivity contribution in [1.82, 2.24) is 19.5 Å². The Morgan fingerprint density at radius 1 is 1.02 bits per heavy atom. The number of nitrogens with zero attached hydrogens (tertiary/aromatic N) is 4. The number of hydrogen-bond donors (Lipinski definition) is 2. The number of aryl methyl sites for hydroxylation is 1. The van der Waals surface area contributed by atoms with Crippen molar-refractivity contribution in [1.29, 1.82) is 0 Å². The first kappa shape index (κ1) is 30.2. The molecule has 1 aliphatic rings. The summed E-state index contributed by atoms with van der Waals surface area (Å²) in [5.41, 5.74) is 3.91. The van der Waals surface area contributed by atoms with Crippen molar-refractivity contribution in [2.24, 2.45) is 17.8 Å². The summed E-state index contributed by atoms with van der Waals surface area (Å²) in [6.07, 6.45) is 2.76. The van der Waals surface area contributed by atoms with Gasteiger partial charge in [0.1, 0.15) is 11.3 Å². The van der Waals surface area contributed by atoms with Crippen molar-refractivity contribution in [2.45, 2.75) is 66.0 Å². The first-order chi connectivity index (χ1) is 19.5. The minimum Gasteiger partial charge on any atom is -0.400 e. The van der Waals surface area contributed by atoms with Crippen molar-refractivity contribution < 1.29 is 18.7 Å². The molecule has 2 heterocycles. The number of alkyl halides is 2. The minimum atomic E-state index is -2.91. The molecule has 0 aliphatic heterocycles. The monoisotopic (exact) mass is 563 g/mol. The molecule has 0 spiro atoms. The van der Waals surface area contributed by atoms with E-state index in [0.717, 1.165) is 43.6 Å². The van der Waals surface area contributed by atoms with Crippen LogP contribution in [0.4, 0.5) is 14.6 Å². The lowest BCUT2D eigenvalue weighted by atomic mass is 9.72. The van der Waals surface area contributed by atoms with E-state index in [1.54, 1.807) is 12.1 Å². The number of carbonyl (C=O) groups excluding carboxylic acids is 1. The highest BCUT2D eigenvalue weighted by atomic mass is 19.3. The van der Waals surface area contributed by atoms with Gasteiger partial charge in [-0.2, -0.15) is 0 Å². The molecule has 4 aromatic rings. The molecule has 4 atom stereocenters. The quantitative estimate of drug-likeness (QED) is 0.239. The van der Waals surface area contributed by atoms with Crippen LogP contribution in [-0.2, 0) is 12.5 Å². The number of hydrogen-bond acceptors (Lipinski definition) is 6. The number of aliphatic hydroxyl groups is 1. The van der Waals surface area contributed by atoms with Crippen LogP contribution >= 0.6 is 0 Å². The van der Waals surface area contributed by atoms with Crippen molar-refractivity contribution in [2.75, 3.05) is 12.4 Å². The smallest absolute Gasteiger partial charge is 0.270 e. The summed E-state index contributed by atoms with van der Waals surface area (Å²) in [7, 11) is 1.00. The van der Waals surface area contributed by atoms with E-state index < -0.39 is 5.92 Å². The SMILES string of the molecule is CO.Cc1cccc(-c2nc3nc(C=O)nc(NC4CCC(C)C(C)C4C)c3n2Cc2ccc(C(C)(F)F)cc2)c1. The van der Waals surface area contributed by atoms with Crippen molar-refractivity contribution in [3.05, 3.63) is 71.0 Å². The summed E-state index contributed by atoms with van der Waals surface area (Å²) < 4.78 is 29.7. The molecule has 0 saturated heterocycles. The van der Waals surface area contributed by atoms with E-state index in [0.29, 0.717) is 53.4 Å². The summed E-state index contributed by atoms with van der Waals surface area (Å²) in [6, 6.07) is 14.6. The van der Waals surface area contributed by atoms with E-state index in [1.807, 2.05) is 35.8 Å². The van der Waals surface area contributed by atoms with E-state index in [-0.39, 0.29) is 17.4 Å². The molecule has 0 radical (unpaired) electrons. The number of carbonyl (C=O) groups is 1. The van der Waals surface area contributed by atoms with Gasteiger partial charge in [-0.3, -0.25) is 4.79 Å². The molecule has 2 N–H and O–H groups in total. The highest BCUT2D eigenvalue weighted by molar-refractivity contribution is 5.89. The highest BCUT2D eigenvalue weighted by Gasteiger charge is 2.33. The summed E-state index contributed by atoms with van der Waals surface area (Å²) in [4.78, 5) is 25.8. The van der Waals surface area contributed by atoms with Crippen LogP contribution in [0.1, 0.15) is 67.8 Å². The average Bonchev–Trinajstić information content (AvgIpc) is 3.32. The zero-order valence-electron chi connectivity index (χ0n) is 24.5. The van der Waals surface area contributed by atoms with Gasteiger partial charge in [-0.1, -0.05) is 68.8 Å². The van der Waals surface area contributed by atoms with Gasteiger partial charge in [0.15, 0.2) is 23.6 Å². The number of halogens is 2. The van der Waals surface area contributed by atoms with Gasteiger partial charge in [0.25, 0.3) is 5.92 Å². The Labute approximate surface area is 240 Å². The topological polar surface area (TPSA) is 92.9 Å². The van der Waals surface area contributed by atoms with Crippen LogP contribution in [0.25, 0.3) is 22.6 Å². The van der Waals surface area contributed by atoms with Crippen LogP contribution in [0.15, 0.2) is 48.5 Å². The lowest BCUT2D eigenvalue weighted by Crippen LogP contribution is -2.39. The molecule has 9 heteroatoms. The predicted molar refractivity (Wildman–Crippen MR) is 158 cm³/mol. The van der Waals surface area contributed by atoms with Gasteiger partial charge in [0.05, 0.1) is 0 Å². The van der Waals surface area contributed by atoms with E-state index >= 15 is 0 Å². The van der Waals surface area contributed by atoms with E-state index in [9.17, 15) is 13.6 Å². The Kier molecular flexibility index (Phi) is 9.17. The summed E-state index contributed by atoms with van der Waals surface area (Å²) >= 11 is 0. The maximum Gasteiger partial charge on any atom is 0.270 e. The second kappa shape index (κ2) is 12.4. The third-order valence-corrected chi connectivity index (χ3v) is 8.42. The first-order valence-corrected chi connectivity index (χ1v) is 14.0. The van der Waals surface area contributed by atoms with Crippen LogP contribution in [0.2, 0.25) is 0 Å². The van der Waals surface area contributed by atoms with Gasteiger partial charge >= 0.3 is 0 Å². The number of aliphatic hydroxyl groups excluding tert-OH is 1. The predicted octanol–water partition coefficient (Wildman–Crippen LogP) is 6.87. The lowest BCUT2D eigenvalue weighted by Gasteiger charge is -2.39. The lowest BCUT2D eigenvalue weighted by molar-refractivity contribution is 0.0174. The maximum atomic E-state index is 13.9. The molecular weight excluding hydrogens is 524 g/mol. The van der Waals surface area contributed by atoms with Gasteiger partial charge in [-0.25, -0.2) is 23.7 Å². The fraction of sp³-hybridized carbons (Fsp3) is 0.438. The molecule has 0 bridgehead atoms. The molecule has 2 aromatic carbocycles. The van der Waals surface area contributed by atoms with Crippen molar-refractivity contribution >= 4 is 23.3 Å².